The Kier molecular flexibility index (Phi) is 3.43. The van der Waals surface area contributed by atoms with Crippen LogP contribution in [0.3, 0.4) is 0 Å². The van der Waals surface area contributed by atoms with Crippen molar-refractivity contribution in [3.63, 3.8) is 0 Å². The second-order valence-corrected chi connectivity index (χ2v) is 4.03. The summed E-state index contributed by atoms with van der Waals surface area (Å²) in [5.74, 6) is -2.67. The zero-order valence-electron chi connectivity index (χ0n) is 10.1. The van der Waals surface area contributed by atoms with E-state index in [2.05, 4.69) is 5.32 Å². The smallest absolute Gasteiger partial charge is 0.182 e. The van der Waals surface area contributed by atoms with E-state index in [0.717, 1.165) is 0 Å². The molecule has 96 valence electrons. The van der Waals surface area contributed by atoms with Crippen molar-refractivity contribution in [3.8, 4) is 0 Å². The van der Waals surface area contributed by atoms with Crippen LogP contribution in [0, 0.1) is 11.6 Å². The number of carbonyl (C=O) groups is 1. The summed E-state index contributed by atoms with van der Waals surface area (Å²) in [6, 6.07) is 2.00. The van der Waals surface area contributed by atoms with Crippen LogP contribution in [0.1, 0.15) is 24.2 Å². The predicted molar refractivity (Wildman–Crippen MR) is 63.6 cm³/mol. The van der Waals surface area contributed by atoms with Crippen molar-refractivity contribution in [2.45, 2.75) is 19.9 Å². The molecule has 2 aromatic rings. The summed E-state index contributed by atoms with van der Waals surface area (Å²) in [5, 5.41) is 2.90. The van der Waals surface area contributed by atoms with Crippen LogP contribution in [-0.4, -0.2) is 18.4 Å². The Morgan fingerprint density at radius 1 is 1.44 bits per heavy atom. The minimum absolute atomic E-state index is 0.0418. The van der Waals surface area contributed by atoms with Gasteiger partial charge in [0.15, 0.2) is 17.4 Å². The molecule has 1 N–H and O–H groups in total. The van der Waals surface area contributed by atoms with Crippen LogP contribution < -0.4 is 5.32 Å². The van der Waals surface area contributed by atoms with E-state index in [4.69, 9.17) is 4.42 Å². The molecule has 1 atom stereocenters. The SMILES string of the molecule is CCNC(C)C(=O)c1cc2occc2c(F)c1F. The lowest BCUT2D eigenvalue weighted by atomic mass is 10.0. The second kappa shape index (κ2) is 4.86. The van der Waals surface area contributed by atoms with Crippen LogP contribution in [0.2, 0.25) is 0 Å². The fourth-order valence-electron chi connectivity index (χ4n) is 1.86. The van der Waals surface area contributed by atoms with Gasteiger partial charge in [0.25, 0.3) is 0 Å². The number of carbonyl (C=O) groups excluding carboxylic acids is 1. The number of halogens is 2. The van der Waals surface area contributed by atoms with Gasteiger partial charge < -0.3 is 9.73 Å². The Labute approximate surface area is 103 Å². The molecule has 1 heterocycles. The van der Waals surface area contributed by atoms with E-state index in [9.17, 15) is 13.6 Å². The van der Waals surface area contributed by atoms with Crippen LogP contribution in [0.5, 0.6) is 0 Å². The molecule has 0 spiro atoms. The molecule has 0 amide bonds. The van der Waals surface area contributed by atoms with Crippen molar-refractivity contribution in [2.24, 2.45) is 0 Å². The first-order valence-electron chi connectivity index (χ1n) is 5.69. The Hall–Kier alpha value is -1.75. The quantitative estimate of drug-likeness (QED) is 0.852. The topological polar surface area (TPSA) is 42.2 Å². The highest BCUT2D eigenvalue weighted by Gasteiger charge is 2.23. The van der Waals surface area contributed by atoms with E-state index >= 15 is 0 Å². The zero-order valence-corrected chi connectivity index (χ0v) is 10.1. The van der Waals surface area contributed by atoms with Crippen molar-refractivity contribution < 1.29 is 18.0 Å². The van der Waals surface area contributed by atoms with Gasteiger partial charge in [-0.2, -0.15) is 0 Å². The maximum Gasteiger partial charge on any atom is 0.182 e. The molecular weight excluding hydrogens is 240 g/mol. The third kappa shape index (κ3) is 2.01. The van der Waals surface area contributed by atoms with Gasteiger partial charge >= 0.3 is 0 Å². The maximum atomic E-state index is 13.8. The number of nitrogens with one attached hydrogen (secondary N) is 1. The average molecular weight is 253 g/mol. The second-order valence-electron chi connectivity index (χ2n) is 4.03. The summed E-state index contributed by atoms with van der Waals surface area (Å²) in [4.78, 5) is 12.0. The number of furan rings is 1. The van der Waals surface area contributed by atoms with Gasteiger partial charge in [-0.15, -0.1) is 0 Å². The molecule has 1 aromatic carbocycles. The first kappa shape index (κ1) is 12.7. The molecule has 18 heavy (non-hydrogen) atoms. The van der Waals surface area contributed by atoms with Crippen molar-refractivity contribution in [1.29, 1.82) is 0 Å². The number of likely N-dealkylation sites (N-methyl/N-ethyl adjacent to an activating group) is 1. The van der Waals surface area contributed by atoms with E-state index in [1.807, 2.05) is 6.92 Å². The maximum absolute atomic E-state index is 13.8. The lowest BCUT2D eigenvalue weighted by molar-refractivity contribution is 0.0947. The van der Waals surface area contributed by atoms with E-state index in [0.29, 0.717) is 6.54 Å². The van der Waals surface area contributed by atoms with Crippen LogP contribution in [0.4, 0.5) is 8.78 Å². The van der Waals surface area contributed by atoms with Gasteiger partial charge in [-0.3, -0.25) is 4.79 Å². The average Bonchev–Trinajstić information content (AvgIpc) is 2.81. The van der Waals surface area contributed by atoms with Gasteiger partial charge in [-0.25, -0.2) is 8.78 Å². The lowest BCUT2D eigenvalue weighted by Crippen LogP contribution is -2.34. The predicted octanol–water partition coefficient (Wildman–Crippen LogP) is 2.89. The molecule has 1 aromatic heterocycles. The van der Waals surface area contributed by atoms with Crippen molar-refractivity contribution >= 4 is 16.8 Å². The highest BCUT2D eigenvalue weighted by molar-refractivity contribution is 6.02. The highest BCUT2D eigenvalue weighted by atomic mass is 19.2. The lowest BCUT2D eigenvalue weighted by Gasteiger charge is -2.12. The molecule has 0 saturated heterocycles. The molecule has 0 saturated carbocycles. The molecule has 0 fully saturated rings. The van der Waals surface area contributed by atoms with E-state index in [1.54, 1.807) is 6.92 Å². The minimum atomic E-state index is -1.13. The molecule has 0 radical (unpaired) electrons. The van der Waals surface area contributed by atoms with Crippen LogP contribution in [0.15, 0.2) is 22.8 Å². The molecule has 0 aliphatic heterocycles. The monoisotopic (exact) mass is 253 g/mol. The molecule has 5 heteroatoms. The van der Waals surface area contributed by atoms with Crippen LogP contribution in [-0.2, 0) is 0 Å². The van der Waals surface area contributed by atoms with Crippen LogP contribution >= 0.6 is 0 Å². The van der Waals surface area contributed by atoms with Crippen LogP contribution in [0.25, 0.3) is 11.0 Å². The largest absolute Gasteiger partial charge is 0.464 e. The molecule has 0 aliphatic carbocycles. The summed E-state index contributed by atoms with van der Waals surface area (Å²) < 4.78 is 32.5. The summed E-state index contributed by atoms with van der Waals surface area (Å²) in [7, 11) is 0. The number of benzene rings is 1. The molecule has 3 nitrogen and oxygen atoms in total. The number of ketones is 1. The van der Waals surface area contributed by atoms with E-state index in [1.165, 1.54) is 18.4 Å². The van der Waals surface area contributed by atoms with Gasteiger partial charge in [0, 0.05) is 0 Å². The number of Topliss-reactive ketones (excluding diaryl/α,β-unsaturated/α-hetero) is 1. The van der Waals surface area contributed by atoms with E-state index < -0.39 is 23.5 Å². The summed E-state index contributed by atoms with van der Waals surface area (Å²) in [6.45, 7) is 4.01. The third-order valence-corrected chi connectivity index (χ3v) is 2.81. The van der Waals surface area contributed by atoms with Gasteiger partial charge in [-0.1, -0.05) is 6.92 Å². The third-order valence-electron chi connectivity index (χ3n) is 2.81. The number of hydrogen-bond donors (Lipinski definition) is 1. The molecule has 2 rings (SSSR count). The van der Waals surface area contributed by atoms with Gasteiger partial charge in [-0.05, 0) is 25.6 Å². The standard InChI is InChI=1S/C13H13F2NO2/c1-3-16-7(2)13(17)9-6-10-8(4-5-18-10)11(14)12(9)15/h4-7,16H,3H2,1-2H3. The van der Waals surface area contributed by atoms with Crippen molar-refractivity contribution in [2.75, 3.05) is 6.54 Å². The minimum Gasteiger partial charge on any atom is -0.464 e. The first-order valence-corrected chi connectivity index (χ1v) is 5.69. The Morgan fingerprint density at radius 3 is 2.83 bits per heavy atom. The summed E-state index contributed by atoms with van der Waals surface area (Å²) in [6.07, 6.45) is 1.26. The Balaban J connectivity index is 2.50. The fourth-order valence-corrected chi connectivity index (χ4v) is 1.86. The first-order chi connectivity index (χ1) is 8.56. The molecule has 1 unspecified atom stereocenters. The van der Waals surface area contributed by atoms with Gasteiger partial charge in [0.1, 0.15) is 5.58 Å². The van der Waals surface area contributed by atoms with Crippen molar-refractivity contribution in [3.05, 3.63) is 35.6 Å². The molecule has 0 aliphatic rings. The van der Waals surface area contributed by atoms with Crippen molar-refractivity contribution in [1.82, 2.24) is 5.32 Å². The van der Waals surface area contributed by atoms with Gasteiger partial charge in [0.2, 0.25) is 0 Å². The normalized spacial score (nSPS) is 12.9. The number of fused-ring (bicyclic) bond motifs is 1. The fraction of sp³-hybridized carbons (Fsp3) is 0.308. The van der Waals surface area contributed by atoms with E-state index in [-0.39, 0.29) is 16.5 Å². The molecule has 0 bridgehead atoms. The highest BCUT2D eigenvalue weighted by Crippen LogP contribution is 2.25. The molecular formula is C13H13F2NO2. The summed E-state index contributed by atoms with van der Waals surface area (Å²) >= 11 is 0. The Morgan fingerprint density at radius 2 is 2.17 bits per heavy atom. The van der Waals surface area contributed by atoms with Gasteiger partial charge in [0.05, 0.1) is 23.3 Å². The summed E-state index contributed by atoms with van der Waals surface area (Å²) in [5.41, 5.74) is -0.121. The number of rotatable bonds is 4. The Bertz CT molecular complexity index is 592. The zero-order chi connectivity index (χ0) is 13.3. The number of hydrogen-bond acceptors (Lipinski definition) is 3.